The lowest BCUT2D eigenvalue weighted by molar-refractivity contribution is 1.08. The molecule has 10 rings (SSSR count). The second kappa shape index (κ2) is 12.1. The van der Waals surface area contributed by atoms with E-state index in [-0.39, 0.29) is 0 Å². The van der Waals surface area contributed by atoms with E-state index in [1.807, 2.05) is 0 Å². The van der Waals surface area contributed by atoms with Crippen LogP contribution in [0.5, 0.6) is 0 Å². The van der Waals surface area contributed by atoms with Crippen molar-refractivity contribution in [3.8, 4) is 56.4 Å². The summed E-state index contributed by atoms with van der Waals surface area (Å²) in [5.41, 5.74) is 7.56. The topological polar surface area (TPSA) is 38.7 Å². The number of fused-ring (bicyclic) bond motifs is 5. The van der Waals surface area contributed by atoms with Crippen molar-refractivity contribution in [2.24, 2.45) is 0 Å². The molecule has 4 heteroatoms. The van der Waals surface area contributed by atoms with Gasteiger partial charge < -0.3 is 0 Å². The summed E-state index contributed by atoms with van der Waals surface area (Å²) in [6.07, 6.45) is 0. The van der Waals surface area contributed by atoms with E-state index in [9.17, 15) is 0 Å². The van der Waals surface area contributed by atoms with Gasteiger partial charge in [0.25, 0.3) is 0 Å². The number of hydrogen-bond donors (Lipinski definition) is 0. The molecule has 0 amide bonds. The van der Waals surface area contributed by atoms with Crippen molar-refractivity contribution < 1.29 is 0 Å². The Hall–Kier alpha value is -6.49. The van der Waals surface area contributed by atoms with Gasteiger partial charge in [0.15, 0.2) is 17.5 Å². The maximum absolute atomic E-state index is 5.13. The average Bonchev–Trinajstić information content (AvgIpc) is 3.58. The lowest BCUT2D eigenvalue weighted by Gasteiger charge is -2.11. The van der Waals surface area contributed by atoms with Gasteiger partial charge in [0.2, 0.25) is 0 Å². The molecule has 2 aromatic heterocycles. The third-order valence-electron chi connectivity index (χ3n) is 9.68. The third kappa shape index (κ3) is 5.43. The van der Waals surface area contributed by atoms with E-state index >= 15 is 0 Å². The number of benzene rings is 8. The molecule has 2 heterocycles. The van der Waals surface area contributed by atoms with Gasteiger partial charge in [0.05, 0.1) is 0 Å². The first-order valence-electron chi connectivity index (χ1n) is 17.1. The van der Waals surface area contributed by atoms with Gasteiger partial charge in [-0.05, 0) is 80.2 Å². The van der Waals surface area contributed by atoms with E-state index < -0.39 is 0 Å². The lowest BCUT2D eigenvalue weighted by Crippen LogP contribution is -2.00. The van der Waals surface area contributed by atoms with Crippen LogP contribution in [0.15, 0.2) is 176 Å². The zero-order valence-corrected chi connectivity index (χ0v) is 28.3. The van der Waals surface area contributed by atoms with E-state index in [1.165, 1.54) is 47.5 Å². The van der Waals surface area contributed by atoms with Gasteiger partial charge in [0.1, 0.15) is 0 Å². The Morgan fingerprint density at radius 2 is 0.765 bits per heavy atom. The molecule has 0 fully saturated rings. The molecule has 51 heavy (non-hydrogen) atoms. The summed E-state index contributed by atoms with van der Waals surface area (Å²) < 4.78 is 2.50. The molecule has 8 aromatic carbocycles. The average molecular weight is 668 g/mol. The van der Waals surface area contributed by atoms with Gasteiger partial charge in [0, 0.05) is 36.9 Å². The summed E-state index contributed by atoms with van der Waals surface area (Å²) in [5.74, 6) is 1.96. The smallest absolute Gasteiger partial charge is 0.164 e. The summed E-state index contributed by atoms with van der Waals surface area (Å²) in [5, 5.41) is 7.29. The van der Waals surface area contributed by atoms with Crippen molar-refractivity contribution in [3.63, 3.8) is 0 Å². The van der Waals surface area contributed by atoms with Crippen LogP contribution in [0.3, 0.4) is 0 Å². The Balaban J connectivity index is 1.10. The van der Waals surface area contributed by atoms with Crippen LogP contribution in [0.2, 0.25) is 0 Å². The highest BCUT2D eigenvalue weighted by atomic mass is 32.1. The fraction of sp³-hybridized carbons (Fsp3) is 0. The first-order chi connectivity index (χ1) is 25.2. The molecule has 0 aliphatic rings. The summed E-state index contributed by atoms with van der Waals surface area (Å²) in [4.78, 5) is 15.3. The molecule has 0 aliphatic heterocycles. The van der Waals surface area contributed by atoms with Crippen LogP contribution in [0.4, 0.5) is 0 Å². The molecule has 0 saturated carbocycles. The van der Waals surface area contributed by atoms with E-state index in [1.54, 1.807) is 11.3 Å². The zero-order valence-electron chi connectivity index (χ0n) is 27.5. The minimum absolute atomic E-state index is 0.647. The quantitative estimate of drug-likeness (QED) is 0.183. The van der Waals surface area contributed by atoms with Crippen LogP contribution in [0.25, 0.3) is 98.1 Å². The van der Waals surface area contributed by atoms with E-state index in [0.717, 1.165) is 33.2 Å². The fourth-order valence-electron chi connectivity index (χ4n) is 7.03. The Morgan fingerprint density at radius 1 is 0.275 bits per heavy atom. The van der Waals surface area contributed by atoms with Crippen molar-refractivity contribution in [3.05, 3.63) is 176 Å². The molecule has 0 atom stereocenters. The highest BCUT2D eigenvalue weighted by molar-refractivity contribution is 7.25. The first kappa shape index (κ1) is 29.4. The molecule has 10 aromatic rings. The summed E-state index contributed by atoms with van der Waals surface area (Å²) >= 11 is 1.80. The van der Waals surface area contributed by atoms with Crippen LogP contribution < -0.4 is 0 Å². The molecule has 0 N–H and O–H groups in total. The summed E-state index contributed by atoms with van der Waals surface area (Å²) in [6.45, 7) is 0. The van der Waals surface area contributed by atoms with E-state index in [2.05, 4.69) is 176 Å². The van der Waals surface area contributed by atoms with Gasteiger partial charge in [-0.25, -0.2) is 15.0 Å². The second-order valence-corrected chi connectivity index (χ2v) is 14.0. The molecular formula is C47H29N3S. The zero-order chi connectivity index (χ0) is 33.7. The standard InChI is InChI=1S/C47H29N3S/c1-2-9-30(10-3-1)35-20-17-32-18-21-36(28-40(32)27-35)34-13-8-14-37(26-34)45-48-46(38-22-19-31-11-4-5-12-33(31)25-38)50-47(49-45)39-23-24-42-41-15-6-7-16-43(41)51-44(42)29-39/h1-29H. The highest BCUT2D eigenvalue weighted by Gasteiger charge is 2.15. The van der Waals surface area contributed by atoms with Crippen LogP contribution in [-0.4, -0.2) is 15.0 Å². The van der Waals surface area contributed by atoms with E-state index in [0.29, 0.717) is 17.5 Å². The highest BCUT2D eigenvalue weighted by Crippen LogP contribution is 2.37. The maximum atomic E-state index is 5.13. The van der Waals surface area contributed by atoms with Gasteiger partial charge in [-0.1, -0.05) is 140 Å². The molecule has 0 aliphatic carbocycles. The normalized spacial score (nSPS) is 11.5. The minimum atomic E-state index is 0.647. The number of thiophene rings is 1. The van der Waals surface area contributed by atoms with Crippen LogP contribution in [-0.2, 0) is 0 Å². The molecule has 3 nitrogen and oxygen atoms in total. The Kier molecular flexibility index (Phi) is 7.00. The number of hydrogen-bond acceptors (Lipinski definition) is 4. The number of aromatic nitrogens is 3. The van der Waals surface area contributed by atoms with Crippen molar-refractivity contribution >= 4 is 53.1 Å². The molecular weight excluding hydrogens is 639 g/mol. The van der Waals surface area contributed by atoms with Gasteiger partial charge >= 0.3 is 0 Å². The first-order valence-corrected chi connectivity index (χ1v) is 17.9. The predicted molar refractivity (Wildman–Crippen MR) is 215 cm³/mol. The summed E-state index contributed by atoms with van der Waals surface area (Å²) in [6, 6.07) is 62.4. The third-order valence-corrected chi connectivity index (χ3v) is 10.8. The molecule has 238 valence electrons. The van der Waals surface area contributed by atoms with Gasteiger partial charge in [-0.15, -0.1) is 11.3 Å². The molecule has 0 bridgehead atoms. The second-order valence-electron chi connectivity index (χ2n) is 12.9. The van der Waals surface area contributed by atoms with Crippen molar-refractivity contribution in [2.75, 3.05) is 0 Å². The number of nitrogens with zero attached hydrogens (tertiary/aromatic N) is 3. The van der Waals surface area contributed by atoms with Crippen molar-refractivity contribution in [1.29, 1.82) is 0 Å². The molecule has 0 saturated heterocycles. The fourth-order valence-corrected chi connectivity index (χ4v) is 8.18. The van der Waals surface area contributed by atoms with Crippen molar-refractivity contribution in [2.45, 2.75) is 0 Å². The Bertz CT molecular complexity index is 2930. The van der Waals surface area contributed by atoms with E-state index in [4.69, 9.17) is 15.0 Å². The number of rotatable bonds is 5. The van der Waals surface area contributed by atoms with Crippen LogP contribution >= 0.6 is 11.3 Å². The van der Waals surface area contributed by atoms with Crippen LogP contribution in [0, 0.1) is 0 Å². The molecule has 0 radical (unpaired) electrons. The molecule has 0 unspecified atom stereocenters. The molecule has 0 spiro atoms. The van der Waals surface area contributed by atoms with Crippen LogP contribution in [0.1, 0.15) is 0 Å². The predicted octanol–water partition coefficient (Wildman–Crippen LogP) is 12.9. The lowest BCUT2D eigenvalue weighted by atomic mass is 9.97. The largest absolute Gasteiger partial charge is 0.208 e. The Morgan fingerprint density at radius 3 is 1.55 bits per heavy atom. The SMILES string of the molecule is c1ccc(-c2ccc3ccc(-c4cccc(-c5nc(-c6ccc7ccccc7c6)nc(-c6ccc7c(c6)sc6ccccc67)n5)c4)cc3c2)cc1. The van der Waals surface area contributed by atoms with Gasteiger partial charge in [-0.3, -0.25) is 0 Å². The Labute approximate surface area is 299 Å². The maximum Gasteiger partial charge on any atom is 0.164 e. The summed E-state index contributed by atoms with van der Waals surface area (Å²) in [7, 11) is 0. The van der Waals surface area contributed by atoms with Gasteiger partial charge in [-0.2, -0.15) is 0 Å². The minimum Gasteiger partial charge on any atom is -0.208 e. The monoisotopic (exact) mass is 667 g/mol. The van der Waals surface area contributed by atoms with Crippen molar-refractivity contribution in [1.82, 2.24) is 15.0 Å².